The van der Waals surface area contributed by atoms with E-state index in [1.165, 1.54) is 12.1 Å². The Hall–Kier alpha value is -3.32. The smallest absolute Gasteiger partial charge is 0.258 e. The van der Waals surface area contributed by atoms with Gasteiger partial charge in [-0.25, -0.2) is 4.39 Å². The zero-order valence-electron chi connectivity index (χ0n) is 15.8. The third-order valence-electron chi connectivity index (χ3n) is 4.80. The first kappa shape index (κ1) is 19.0. The second-order valence-corrected chi connectivity index (χ2v) is 7.01. The molecule has 0 aliphatic carbocycles. The molecule has 0 radical (unpaired) electrons. The maximum atomic E-state index is 13.2. The molecule has 29 heavy (non-hydrogen) atoms. The van der Waals surface area contributed by atoms with Crippen LogP contribution in [0, 0.1) is 5.82 Å². The number of hydrogen-bond acceptors (Lipinski definition) is 4. The minimum absolute atomic E-state index is 0.230. The van der Waals surface area contributed by atoms with E-state index in [1.54, 1.807) is 18.2 Å². The lowest BCUT2D eigenvalue weighted by Crippen LogP contribution is -2.45. The highest BCUT2D eigenvalue weighted by Crippen LogP contribution is 2.37. The number of rotatable bonds is 5. The molecular weight excluding hydrogens is 387 g/mol. The van der Waals surface area contributed by atoms with Crippen LogP contribution >= 0.6 is 12.2 Å². The standard InChI is InChI=1S/C22H19FN4OS/c1-3-13-27-14(2)18(19(24-22(27)29)15-7-5-4-6-8-15)21-25-20(26-28-21)16-9-11-17(23)12-10-16/h3-12,19H,1,13H2,2H3,(H,24,29). The molecule has 4 rings (SSSR count). The summed E-state index contributed by atoms with van der Waals surface area (Å²) >= 11 is 5.57. The number of nitrogens with one attached hydrogen (secondary N) is 1. The minimum Gasteiger partial charge on any atom is -0.351 e. The van der Waals surface area contributed by atoms with Crippen LogP contribution < -0.4 is 5.32 Å². The molecular formula is C22H19FN4OS. The second-order valence-electron chi connectivity index (χ2n) is 6.62. The molecule has 0 saturated heterocycles. The van der Waals surface area contributed by atoms with Crippen LogP contribution in [0.15, 0.2) is 77.5 Å². The monoisotopic (exact) mass is 406 g/mol. The molecule has 146 valence electrons. The van der Waals surface area contributed by atoms with E-state index in [4.69, 9.17) is 16.7 Å². The highest BCUT2D eigenvalue weighted by molar-refractivity contribution is 7.80. The van der Waals surface area contributed by atoms with Gasteiger partial charge in [-0.1, -0.05) is 41.6 Å². The van der Waals surface area contributed by atoms with Crippen LogP contribution in [0.5, 0.6) is 0 Å². The van der Waals surface area contributed by atoms with E-state index in [1.807, 2.05) is 42.2 Å². The number of benzene rings is 2. The van der Waals surface area contributed by atoms with Gasteiger partial charge in [-0.3, -0.25) is 0 Å². The van der Waals surface area contributed by atoms with Gasteiger partial charge in [0.2, 0.25) is 5.82 Å². The van der Waals surface area contributed by atoms with Crippen molar-refractivity contribution in [2.45, 2.75) is 13.0 Å². The van der Waals surface area contributed by atoms with Gasteiger partial charge in [-0.15, -0.1) is 6.58 Å². The Balaban J connectivity index is 1.81. The first-order valence-corrected chi connectivity index (χ1v) is 9.54. The van der Waals surface area contributed by atoms with Gasteiger partial charge in [0.15, 0.2) is 5.11 Å². The Labute approximate surface area is 173 Å². The minimum atomic E-state index is -0.315. The van der Waals surface area contributed by atoms with Gasteiger partial charge in [0.05, 0.1) is 11.6 Å². The van der Waals surface area contributed by atoms with Gasteiger partial charge in [0, 0.05) is 17.8 Å². The average Bonchev–Trinajstić information content (AvgIpc) is 3.21. The molecule has 0 spiro atoms. The van der Waals surface area contributed by atoms with Gasteiger partial charge in [0.1, 0.15) is 5.82 Å². The summed E-state index contributed by atoms with van der Waals surface area (Å²) in [5, 5.41) is 8.09. The lowest BCUT2D eigenvalue weighted by atomic mass is 9.95. The fraction of sp³-hybridized carbons (Fsp3) is 0.136. The number of nitrogens with zero attached hydrogens (tertiary/aromatic N) is 3. The maximum absolute atomic E-state index is 13.2. The number of thiocarbonyl (C=S) groups is 1. The first-order valence-electron chi connectivity index (χ1n) is 9.13. The molecule has 0 saturated carbocycles. The Morgan fingerprint density at radius 2 is 1.93 bits per heavy atom. The van der Waals surface area contributed by atoms with Crippen LogP contribution in [-0.2, 0) is 0 Å². The van der Waals surface area contributed by atoms with Gasteiger partial charge in [-0.2, -0.15) is 4.98 Å². The summed E-state index contributed by atoms with van der Waals surface area (Å²) < 4.78 is 18.9. The second kappa shape index (κ2) is 7.97. The van der Waals surface area contributed by atoms with Crippen molar-refractivity contribution < 1.29 is 8.91 Å². The third-order valence-corrected chi connectivity index (χ3v) is 5.14. The third kappa shape index (κ3) is 3.69. The fourth-order valence-corrected chi connectivity index (χ4v) is 3.68. The summed E-state index contributed by atoms with van der Waals surface area (Å²) in [7, 11) is 0. The molecule has 2 heterocycles. The van der Waals surface area contributed by atoms with Crippen molar-refractivity contribution in [2.75, 3.05) is 6.54 Å². The molecule has 1 aliphatic heterocycles. The summed E-state index contributed by atoms with van der Waals surface area (Å²) in [4.78, 5) is 6.53. The van der Waals surface area contributed by atoms with E-state index >= 15 is 0 Å². The van der Waals surface area contributed by atoms with Crippen LogP contribution in [0.1, 0.15) is 24.4 Å². The van der Waals surface area contributed by atoms with Gasteiger partial charge in [0.25, 0.3) is 5.89 Å². The molecule has 1 N–H and O–H groups in total. The molecule has 7 heteroatoms. The summed E-state index contributed by atoms with van der Waals surface area (Å²) in [6.45, 7) is 6.35. The molecule has 1 unspecified atom stereocenters. The predicted octanol–water partition coefficient (Wildman–Crippen LogP) is 4.72. The Morgan fingerprint density at radius 3 is 2.62 bits per heavy atom. The largest absolute Gasteiger partial charge is 0.351 e. The van der Waals surface area contributed by atoms with E-state index in [9.17, 15) is 4.39 Å². The fourth-order valence-electron chi connectivity index (χ4n) is 3.35. The number of aromatic nitrogens is 2. The zero-order valence-corrected chi connectivity index (χ0v) is 16.6. The van der Waals surface area contributed by atoms with Crippen molar-refractivity contribution in [3.8, 4) is 11.4 Å². The first-order chi connectivity index (χ1) is 14.1. The van der Waals surface area contributed by atoms with Crippen LogP contribution in [0.2, 0.25) is 0 Å². The number of halogens is 1. The van der Waals surface area contributed by atoms with Crippen molar-refractivity contribution in [1.82, 2.24) is 20.4 Å². The molecule has 0 bridgehead atoms. The highest BCUT2D eigenvalue weighted by atomic mass is 32.1. The molecule has 0 amide bonds. The summed E-state index contributed by atoms with van der Waals surface area (Å²) in [5.41, 5.74) is 3.46. The van der Waals surface area contributed by atoms with Crippen molar-refractivity contribution in [3.05, 3.63) is 90.2 Å². The van der Waals surface area contributed by atoms with Gasteiger partial charge < -0.3 is 14.7 Å². The lowest BCUT2D eigenvalue weighted by molar-refractivity contribution is 0.399. The summed E-state index contributed by atoms with van der Waals surface area (Å²) in [6.07, 6.45) is 1.79. The van der Waals surface area contributed by atoms with Crippen molar-refractivity contribution >= 4 is 22.9 Å². The topological polar surface area (TPSA) is 54.2 Å². The molecule has 2 aromatic carbocycles. The summed E-state index contributed by atoms with van der Waals surface area (Å²) in [6, 6.07) is 15.7. The van der Waals surface area contributed by atoms with E-state index in [0.717, 1.165) is 16.8 Å². The molecule has 1 aliphatic rings. The zero-order chi connectivity index (χ0) is 20.4. The number of hydrogen-bond donors (Lipinski definition) is 1. The maximum Gasteiger partial charge on any atom is 0.258 e. The van der Waals surface area contributed by atoms with Crippen molar-refractivity contribution in [3.63, 3.8) is 0 Å². The molecule has 5 nitrogen and oxygen atoms in total. The van der Waals surface area contributed by atoms with Crippen molar-refractivity contribution in [1.29, 1.82) is 0 Å². The van der Waals surface area contributed by atoms with E-state index in [2.05, 4.69) is 22.0 Å². The predicted molar refractivity (Wildman–Crippen MR) is 114 cm³/mol. The van der Waals surface area contributed by atoms with Crippen LogP contribution in [0.3, 0.4) is 0 Å². The quantitative estimate of drug-likeness (QED) is 0.489. The highest BCUT2D eigenvalue weighted by Gasteiger charge is 2.33. The van der Waals surface area contributed by atoms with E-state index < -0.39 is 0 Å². The van der Waals surface area contributed by atoms with Gasteiger partial charge >= 0.3 is 0 Å². The Morgan fingerprint density at radius 1 is 1.21 bits per heavy atom. The molecule has 1 aromatic heterocycles. The van der Waals surface area contributed by atoms with Crippen LogP contribution in [-0.4, -0.2) is 26.7 Å². The van der Waals surface area contributed by atoms with Gasteiger partial charge in [-0.05, 0) is 49.0 Å². The molecule has 3 aromatic rings. The Bertz CT molecular complexity index is 1080. The molecule has 0 fully saturated rings. The Kier molecular flexibility index (Phi) is 5.22. The number of allylic oxidation sites excluding steroid dienone is 1. The average molecular weight is 406 g/mol. The normalized spacial score (nSPS) is 16.7. The summed E-state index contributed by atoms with van der Waals surface area (Å²) in [5.74, 6) is 0.473. The van der Waals surface area contributed by atoms with Crippen LogP contribution in [0.25, 0.3) is 17.0 Å². The van der Waals surface area contributed by atoms with Crippen LogP contribution in [0.4, 0.5) is 4.39 Å². The van der Waals surface area contributed by atoms with Crippen molar-refractivity contribution in [2.24, 2.45) is 0 Å². The molecule has 1 atom stereocenters. The van der Waals surface area contributed by atoms with E-state index in [-0.39, 0.29) is 11.9 Å². The lowest BCUT2D eigenvalue weighted by Gasteiger charge is -2.36. The SMILES string of the molecule is C=CCN1C(=S)NC(c2ccccc2)C(c2nc(-c3ccc(F)cc3)no2)=C1C. The van der Waals surface area contributed by atoms with E-state index in [0.29, 0.717) is 28.9 Å².